The number of hydrogen-bond acceptors (Lipinski definition) is 1. The van der Waals surface area contributed by atoms with Crippen molar-refractivity contribution in [1.82, 2.24) is 9.13 Å². The minimum Gasteiger partial charge on any atom is -0.455 e. The molecule has 3 nitrogen and oxygen atoms in total. The van der Waals surface area contributed by atoms with Crippen LogP contribution in [0.4, 0.5) is 0 Å². The first-order valence-corrected chi connectivity index (χ1v) is 17.2. The number of rotatable bonds is 5. The number of para-hydroxylation sites is 4. The van der Waals surface area contributed by atoms with Crippen molar-refractivity contribution in [3.05, 3.63) is 206 Å². The first-order valence-electron chi connectivity index (χ1n) is 31.7. The predicted octanol–water partition coefficient (Wildman–Crippen LogP) is 14.8. The maximum absolute atomic E-state index is 10.1. The second kappa shape index (κ2) is 12.5. The van der Waals surface area contributed by atoms with Crippen molar-refractivity contribution in [3.63, 3.8) is 0 Å². The molecule has 0 spiro atoms. The van der Waals surface area contributed by atoms with Crippen LogP contribution in [-0.2, 0) is 0 Å². The maximum atomic E-state index is 10.1. The van der Waals surface area contributed by atoms with Crippen molar-refractivity contribution in [2.24, 2.45) is 0 Å². The molecule has 57 heavy (non-hydrogen) atoms. The molecule has 3 aromatic heterocycles. The van der Waals surface area contributed by atoms with E-state index in [0.29, 0.717) is 4.57 Å². The zero-order chi connectivity index (χ0) is 62.7. The lowest BCUT2D eigenvalue weighted by Gasteiger charge is -2.14. The second-order valence-corrected chi connectivity index (χ2v) is 12.6. The Kier molecular flexibility index (Phi) is 3.16. The third kappa shape index (κ3) is 4.86. The second-order valence-electron chi connectivity index (χ2n) is 12.6. The molecule has 0 fully saturated rings. The van der Waals surface area contributed by atoms with Gasteiger partial charge in [-0.1, -0.05) is 145 Å². The molecule has 0 atom stereocenters. The van der Waals surface area contributed by atoms with Crippen LogP contribution in [0.1, 0.15) is 39.8 Å². The molecule has 0 saturated carbocycles. The summed E-state index contributed by atoms with van der Waals surface area (Å²) in [5, 5.41) is -3.09. The first kappa shape index (κ1) is 14.5. The Morgan fingerprint density at radius 3 is 1.68 bits per heavy atom. The lowest BCUT2D eigenvalue weighted by atomic mass is 10.00. The van der Waals surface area contributed by atoms with Gasteiger partial charge in [0.2, 0.25) is 0 Å². The molecule has 0 aliphatic heterocycles. The minimum absolute atomic E-state index is 0.131. The smallest absolute Gasteiger partial charge is 0.143 e. The van der Waals surface area contributed by atoms with Crippen molar-refractivity contribution in [2.75, 3.05) is 0 Å². The average Bonchev–Trinajstić information content (AvgIpc) is 1.54. The van der Waals surface area contributed by atoms with E-state index in [-0.39, 0.29) is 27.5 Å². The summed E-state index contributed by atoms with van der Waals surface area (Å²) in [6, 6.07) is -18.3. The average molecular weight is 756 g/mol. The Balaban J connectivity index is 1.28. The van der Waals surface area contributed by atoms with Gasteiger partial charge >= 0.3 is 0 Å². The summed E-state index contributed by atoms with van der Waals surface area (Å²) in [4.78, 5) is 0. The Bertz CT molecular complexity index is 5190. The molecule has 0 N–H and O–H groups in total. The van der Waals surface area contributed by atoms with Crippen LogP contribution in [0.15, 0.2) is 210 Å². The topological polar surface area (TPSA) is 23.0 Å². The van der Waals surface area contributed by atoms with E-state index in [1.165, 1.54) is 0 Å². The van der Waals surface area contributed by atoms with Crippen LogP contribution in [0.5, 0.6) is 0 Å². The molecule has 9 aromatic carbocycles. The van der Waals surface area contributed by atoms with Crippen LogP contribution in [0.25, 0.3) is 110 Å². The summed E-state index contributed by atoms with van der Waals surface area (Å²) >= 11 is 0. The normalized spacial score (nSPS) is 19.0. The van der Waals surface area contributed by atoms with Crippen molar-refractivity contribution < 1.29 is 44.2 Å². The van der Waals surface area contributed by atoms with E-state index < -0.39 is 258 Å². The van der Waals surface area contributed by atoms with E-state index in [2.05, 4.69) is 0 Å². The van der Waals surface area contributed by atoms with Crippen molar-refractivity contribution in [1.29, 1.82) is 0 Å². The first-order chi connectivity index (χ1) is 40.4. The minimum atomic E-state index is -1.09. The monoisotopic (exact) mass is 755 g/mol. The number of nitrogens with zero attached hydrogens (tertiary/aromatic N) is 2. The van der Waals surface area contributed by atoms with Gasteiger partial charge in [-0.05, 0) is 82.7 Å². The van der Waals surface area contributed by atoms with Gasteiger partial charge in [0.25, 0.3) is 0 Å². The molecule has 3 heterocycles. The summed E-state index contributed by atoms with van der Waals surface area (Å²) in [7, 11) is 0. The van der Waals surface area contributed by atoms with Crippen LogP contribution in [0.2, 0.25) is 0 Å². The van der Waals surface area contributed by atoms with E-state index >= 15 is 0 Å². The van der Waals surface area contributed by atoms with Gasteiger partial charge in [0.05, 0.1) is 67.5 Å². The third-order valence-corrected chi connectivity index (χ3v) is 9.54. The molecule has 0 saturated heterocycles. The highest BCUT2D eigenvalue weighted by molar-refractivity contribution is 6.15. The molecule has 266 valence electrons. The summed E-state index contributed by atoms with van der Waals surface area (Å²) in [6.07, 6.45) is 0. The Labute approximate surface area is 369 Å². The van der Waals surface area contributed by atoms with Gasteiger partial charge in [0, 0.05) is 49.1 Å². The van der Waals surface area contributed by atoms with Crippen LogP contribution >= 0.6 is 0 Å². The molecule has 12 rings (SSSR count). The van der Waals surface area contributed by atoms with Crippen LogP contribution in [-0.4, -0.2) is 9.13 Å². The van der Waals surface area contributed by atoms with Crippen LogP contribution < -0.4 is 0 Å². The number of fused-ring (bicyclic) bond motifs is 9. The van der Waals surface area contributed by atoms with E-state index in [1.807, 2.05) is 0 Å². The molecule has 0 aliphatic carbocycles. The molecule has 0 aliphatic rings. The van der Waals surface area contributed by atoms with Gasteiger partial charge in [0.15, 0.2) is 0 Å². The van der Waals surface area contributed by atoms with E-state index in [4.69, 9.17) is 26.3 Å². The Hall–Kier alpha value is -7.62. The zero-order valence-electron chi connectivity index (χ0n) is 57.7. The summed E-state index contributed by atoms with van der Waals surface area (Å²) < 4.78 is 274. The van der Waals surface area contributed by atoms with E-state index in [9.17, 15) is 17.8 Å². The quantitative estimate of drug-likeness (QED) is 0.172. The molecular weight excluding hydrogens is 693 g/mol. The fraction of sp³-hybridized carbons (Fsp3) is 0. The van der Waals surface area contributed by atoms with Gasteiger partial charge in [-0.15, -0.1) is 0 Å². The van der Waals surface area contributed by atoms with Gasteiger partial charge < -0.3 is 13.6 Å². The van der Waals surface area contributed by atoms with Gasteiger partial charge in [-0.3, -0.25) is 0 Å². The molecule has 0 unspecified atom stereocenters. The number of benzene rings is 9. The lowest BCUT2D eigenvalue weighted by Crippen LogP contribution is -1.97. The number of furan rings is 1. The van der Waals surface area contributed by atoms with Crippen molar-refractivity contribution in [3.8, 4) is 44.8 Å². The van der Waals surface area contributed by atoms with Crippen molar-refractivity contribution in [2.45, 2.75) is 0 Å². The summed E-state index contributed by atoms with van der Waals surface area (Å²) in [6.45, 7) is 0. The van der Waals surface area contributed by atoms with Gasteiger partial charge in [0.1, 0.15) is 11.2 Å². The van der Waals surface area contributed by atoms with Crippen molar-refractivity contribution >= 4 is 65.6 Å². The predicted molar refractivity (Wildman–Crippen MR) is 239 cm³/mol. The zero-order valence-corrected chi connectivity index (χ0v) is 28.7. The van der Waals surface area contributed by atoms with Crippen LogP contribution in [0, 0.1) is 0 Å². The standard InChI is InChI=1S/C54H34N2O/c1-3-15-35(16-4-1)40-19-7-11-23-48(40)56-50-25-13-9-21-42(50)46-32-38(28-30-52(46)56)37-27-29-51-45(31-37)41-20-8-12-24-49(41)55(51)39-33-44(36-17-5-2-6-18-36)54-47(34-39)43-22-10-14-26-53(43)57-54/h1-34H/i1D,3D,4D,7D,8D,9D,10D,11D,12D,13D,14D,15D,16D,19D,20D,21D,22D,23D,24D,25D,26D,27D,28D,29D,30D,31D,32D,33D,34D. The summed E-state index contributed by atoms with van der Waals surface area (Å²) in [5.74, 6) is 0. The third-order valence-electron chi connectivity index (χ3n) is 9.54. The highest BCUT2D eigenvalue weighted by Crippen LogP contribution is 2.42. The fourth-order valence-corrected chi connectivity index (χ4v) is 7.12. The highest BCUT2D eigenvalue weighted by Gasteiger charge is 2.20. The SMILES string of the molecule is [2H]c1c([2H])c([2H])c(-c2c([2H])c([2H])c([2H])c([2H])c2-n2c3c([2H])c([2H])c([2H])c([2H])c3c3c([2H])c(-c4c([2H])c([2H])c5c(c4[2H])c4c([2H])c([2H])c([2H])c([2H])c4n5-c4c([2H])c(-c5ccccc5)c5oc6c([2H])c([2H])c([2H])c([2H])c6c5c4[2H])c([2H])c([2H])c32)c([2H])c1[2H]. The summed E-state index contributed by atoms with van der Waals surface area (Å²) in [5.41, 5.74) is -7.95. The molecule has 12 aromatic rings. The van der Waals surface area contributed by atoms with E-state index in [0.717, 1.165) is 4.57 Å². The molecule has 0 amide bonds. The van der Waals surface area contributed by atoms with E-state index in [1.54, 1.807) is 30.3 Å². The van der Waals surface area contributed by atoms with Gasteiger partial charge in [-0.2, -0.15) is 0 Å². The lowest BCUT2D eigenvalue weighted by molar-refractivity contribution is 0.670. The van der Waals surface area contributed by atoms with Crippen LogP contribution in [0.3, 0.4) is 0 Å². The number of hydrogen-bond donors (Lipinski definition) is 0. The molecular formula is C54H34N2O. The van der Waals surface area contributed by atoms with Gasteiger partial charge in [-0.25, -0.2) is 0 Å². The maximum Gasteiger partial charge on any atom is 0.143 e. The fourth-order valence-electron chi connectivity index (χ4n) is 7.12. The Morgan fingerprint density at radius 1 is 0.368 bits per heavy atom. The molecule has 3 heteroatoms. The largest absolute Gasteiger partial charge is 0.455 e. The highest BCUT2D eigenvalue weighted by atomic mass is 16.3. The number of aromatic nitrogens is 2. The molecule has 0 radical (unpaired) electrons. The molecule has 0 bridgehead atoms. The Morgan fingerprint density at radius 2 is 0.947 bits per heavy atom.